The number of allylic oxidation sites excluding steroid dienone is 2. The summed E-state index contributed by atoms with van der Waals surface area (Å²) in [6.07, 6.45) is 5.43. The first-order chi connectivity index (χ1) is 22.5. The van der Waals surface area contributed by atoms with Crippen LogP contribution < -0.4 is 0 Å². The summed E-state index contributed by atoms with van der Waals surface area (Å²) in [5.74, 6) is -1.48. The van der Waals surface area contributed by atoms with Gasteiger partial charge in [-0.25, -0.2) is 0 Å². The Morgan fingerprint density at radius 3 is 1.74 bits per heavy atom. The van der Waals surface area contributed by atoms with Gasteiger partial charge >= 0.3 is 5.97 Å². The lowest BCUT2D eigenvalue weighted by Crippen LogP contribution is -2.33. The number of thiocarbonyl (C=S) groups is 1. The van der Waals surface area contributed by atoms with Gasteiger partial charge in [-0.05, 0) is 66.2 Å². The van der Waals surface area contributed by atoms with Crippen molar-refractivity contribution in [3.8, 4) is 11.4 Å². The molecule has 46 heavy (non-hydrogen) atoms. The molecule has 1 aliphatic heterocycles. The number of carboxylic acids is 1. The second-order valence-corrected chi connectivity index (χ2v) is 12.7. The fourth-order valence-electron chi connectivity index (χ4n) is 6.36. The van der Waals surface area contributed by atoms with Gasteiger partial charge < -0.3 is 14.2 Å². The quantitative estimate of drug-likeness (QED) is 0.146. The number of hydrogen-bond acceptors (Lipinski definition) is 4. The van der Waals surface area contributed by atoms with Gasteiger partial charge in [0.15, 0.2) is 0 Å². The van der Waals surface area contributed by atoms with E-state index in [2.05, 4.69) is 124 Å². The number of amides is 1. The van der Waals surface area contributed by atoms with E-state index in [1.54, 1.807) is 12.2 Å². The van der Waals surface area contributed by atoms with E-state index >= 15 is 0 Å². The molecule has 8 rings (SSSR count). The molecule has 8 heteroatoms. The maximum absolute atomic E-state index is 12.6. The maximum Gasteiger partial charge on any atom is 0.323 e. The smallest absolute Gasteiger partial charge is 0.323 e. The highest BCUT2D eigenvalue weighted by Gasteiger charge is 2.32. The highest BCUT2D eigenvalue weighted by atomic mass is 32.2. The average molecular weight is 636 g/mol. The van der Waals surface area contributed by atoms with E-state index in [-0.39, 0.29) is 10.2 Å². The molecule has 0 unspecified atom stereocenters. The zero-order valence-electron chi connectivity index (χ0n) is 24.3. The third-order valence-corrected chi connectivity index (χ3v) is 9.74. The summed E-state index contributed by atoms with van der Waals surface area (Å²) < 4.78 is 4.87. The highest BCUT2D eigenvalue weighted by Crippen LogP contribution is 2.35. The average Bonchev–Trinajstić information content (AvgIpc) is 3.68. The highest BCUT2D eigenvalue weighted by molar-refractivity contribution is 8.26. The molecule has 1 N–H and O–H groups in total. The number of carbonyl (C=O) groups excluding carboxylic acids is 1. The van der Waals surface area contributed by atoms with Crippen molar-refractivity contribution in [1.82, 2.24) is 14.0 Å². The predicted molar refractivity (Wildman–Crippen MR) is 192 cm³/mol. The van der Waals surface area contributed by atoms with Crippen LogP contribution in [0.15, 0.2) is 132 Å². The Kier molecular flexibility index (Phi) is 6.82. The Bertz CT molecular complexity index is 2400. The molecule has 0 atom stereocenters. The van der Waals surface area contributed by atoms with Crippen LogP contribution in [-0.4, -0.2) is 41.9 Å². The number of aliphatic carboxylic acids is 1. The second-order valence-electron chi connectivity index (χ2n) is 11.1. The number of hydrogen-bond donors (Lipinski definition) is 1. The van der Waals surface area contributed by atoms with Crippen molar-refractivity contribution in [3.63, 3.8) is 0 Å². The number of para-hydroxylation sites is 3. The van der Waals surface area contributed by atoms with E-state index < -0.39 is 12.5 Å². The first-order valence-corrected chi connectivity index (χ1v) is 16.0. The van der Waals surface area contributed by atoms with Gasteiger partial charge in [-0.2, -0.15) is 0 Å². The van der Waals surface area contributed by atoms with Crippen LogP contribution in [0.5, 0.6) is 0 Å². The lowest BCUT2D eigenvalue weighted by Gasteiger charge is -2.11. The molecule has 0 aliphatic carbocycles. The molecule has 222 valence electrons. The molecule has 0 saturated carbocycles. The molecule has 5 aromatic carbocycles. The molecule has 2 aromatic heterocycles. The number of carbonyl (C=O) groups is 2. The van der Waals surface area contributed by atoms with E-state index in [0.29, 0.717) is 4.91 Å². The van der Waals surface area contributed by atoms with Gasteiger partial charge in [0.2, 0.25) is 0 Å². The fourth-order valence-corrected chi connectivity index (χ4v) is 7.56. The Labute approximate surface area is 273 Å². The Balaban J connectivity index is 1.16. The van der Waals surface area contributed by atoms with Crippen LogP contribution >= 0.6 is 24.0 Å². The number of rotatable bonds is 6. The molecule has 1 amide bonds. The van der Waals surface area contributed by atoms with E-state index in [4.69, 9.17) is 17.3 Å². The van der Waals surface area contributed by atoms with Gasteiger partial charge in [0.1, 0.15) is 10.9 Å². The van der Waals surface area contributed by atoms with Crippen molar-refractivity contribution in [2.24, 2.45) is 0 Å². The normalized spacial score (nSPS) is 14.7. The summed E-state index contributed by atoms with van der Waals surface area (Å²) >= 11 is 6.31. The summed E-state index contributed by atoms with van der Waals surface area (Å²) in [4.78, 5) is 25.2. The first-order valence-electron chi connectivity index (χ1n) is 14.7. The van der Waals surface area contributed by atoms with Gasteiger partial charge in [-0.1, -0.05) is 96.8 Å². The lowest BCUT2D eigenvalue weighted by molar-refractivity contribution is -0.140. The number of carboxylic acid groups (broad SMARTS) is 1. The number of benzene rings is 5. The van der Waals surface area contributed by atoms with Gasteiger partial charge in [-0.3, -0.25) is 14.5 Å². The SMILES string of the molecule is O=C(O)CN1C(=O)C(=CC=Cc2ccc3c(c2)c2ccccc2n3-c2ccc(-n3c4ccccc4c4ccccc43)cc2)SC1=S. The summed E-state index contributed by atoms with van der Waals surface area (Å²) in [7, 11) is 0. The topological polar surface area (TPSA) is 67.5 Å². The van der Waals surface area contributed by atoms with Crippen LogP contribution in [0.2, 0.25) is 0 Å². The number of aromatic nitrogens is 2. The lowest BCUT2D eigenvalue weighted by atomic mass is 10.1. The molecule has 1 aliphatic rings. The zero-order valence-corrected chi connectivity index (χ0v) is 26.0. The molecule has 0 spiro atoms. The van der Waals surface area contributed by atoms with Crippen LogP contribution in [0.3, 0.4) is 0 Å². The number of fused-ring (bicyclic) bond motifs is 6. The van der Waals surface area contributed by atoms with Gasteiger partial charge in [0.05, 0.1) is 27.0 Å². The van der Waals surface area contributed by atoms with E-state index in [9.17, 15) is 9.59 Å². The third kappa shape index (κ3) is 4.62. The molecule has 3 heterocycles. The second kappa shape index (κ2) is 11.2. The minimum atomic E-state index is -1.10. The molecule has 1 saturated heterocycles. The Morgan fingerprint density at radius 1 is 0.696 bits per heavy atom. The van der Waals surface area contributed by atoms with Gasteiger partial charge in [0, 0.05) is 32.9 Å². The number of nitrogens with zero attached hydrogens (tertiary/aromatic N) is 3. The first kappa shape index (κ1) is 28.1. The summed E-state index contributed by atoms with van der Waals surface area (Å²) in [5.41, 5.74) is 7.73. The van der Waals surface area contributed by atoms with Crippen LogP contribution in [0.4, 0.5) is 0 Å². The molecule has 6 nitrogen and oxygen atoms in total. The summed E-state index contributed by atoms with van der Waals surface area (Å²) in [6.45, 7) is -0.435. The summed E-state index contributed by atoms with van der Waals surface area (Å²) in [6, 6.07) is 40.5. The van der Waals surface area contributed by atoms with E-state index in [0.717, 1.165) is 55.4 Å². The molecular formula is C38H25N3O3S2. The van der Waals surface area contributed by atoms with Crippen molar-refractivity contribution in [2.45, 2.75) is 0 Å². The van der Waals surface area contributed by atoms with Gasteiger partial charge in [-0.15, -0.1) is 0 Å². The van der Waals surface area contributed by atoms with Crippen molar-refractivity contribution in [3.05, 3.63) is 138 Å². The molecule has 7 aromatic rings. The third-order valence-electron chi connectivity index (χ3n) is 8.35. The Hall–Kier alpha value is -5.44. The molecule has 0 radical (unpaired) electrons. The van der Waals surface area contributed by atoms with Crippen molar-refractivity contribution >= 4 is 89.9 Å². The van der Waals surface area contributed by atoms with Crippen LogP contribution in [0.1, 0.15) is 5.56 Å². The van der Waals surface area contributed by atoms with Gasteiger partial charge in [0.25, 0.3) is 5.91 Å². The molecule has 1 fully saturated rings. The monoisotopic (exact) mass is 635 g/mol. The van der Waals surface area contributed by atoms with Crippen LogP contribution in [-0.2, 0) is 9.59 Å². The standard InChI is InChI=1S/C38H25N3O3S2/c42-36(43)23-39-37(44)35(46-38(39)45)15-7-8-24-16-21-34-30(22-24)29-11-3-6-14-33(29)41(34)26-19-17-25(18-20-26)40-31-12-4-1-9-27(31)28-10-2-5-13-32(28)40/h1-22H,23H2,(H,42,43). The van der Waals surface area contributed by atoms with Crippen molar-refractivity contribution < 1.29 is 14.7 Å². The predicted octanol–water partition coefficient (Wildman–Crippen LogP) is 8.72. The van der Waals surface area contributed by atoms with Crippen molar-refractivity contribution in [2.75, 3.05) is 6.54 Å². The van der Waals surface area contributed by atoms with E-state index in [1.165, 1.54) is 21.8 Å². The minimum absolute atomic E-state index is 0.254. The fraction of sp³-hybridized carbons (Fsp3) is 0.0263. The minimum Gasteiger partial charge on any atom is -0.480 e. The largest absolute Gasteiger partial charge is 0.480 e. The molecule has 0 bridgehead atoms. The number of thioether (sulfide) groups is 1. The molecular weight excluding hydrogens is 611 g/mol. The maximum atomic E-state index is 12.6. The zero-order chi connectivity index (χ0) is 31.4. The van der Waals surface area contributed by atoms with Crippen LogP contribution in [0, 0.1) is 0 Å². The Morgan fingerprint density at radius 2 is 1.20 bits per heavy atom. The summed E-state index contributed by atoms with van der Waals surface area (Å²) in [5, 5.41) is 13.8. The van der Waals surface area contributed by atoms with E-state index in [1.807, 2.05) is 6.08 Å². The van der Waals surface area contributed by atoms with Crippen LogP contribution in [0.25, 0.3) is 61.1 Å². The van der Waals surface area contributed by atoms with Crippen molar-refractivity contribution in [1.29, 1.82) is 0 Å².